The van der Waals surface area contributed by atoms with Crippen molar-refractivity contribution in [1.82, 2.24) is 4.98 Å². The summed E-state index contributed by atoms with van der Waals surface area (Å²) in [6.45, 7) is 7.27. The van der Waals surface area contributed by atoms with Crippen LogP contribution in [-0.2, 0) is 0 Å². The number of hydrogen-bond donors (Lipinski definition) is 1. The fourth-order valence-corrected chi connectivity index (χ4v) is 2.62. The van der Waals surface area contributed by atoms with Crippen molar-refractivity contribution < 1.29 is 14.6 Å². The largest absolute Gasteiger partial charge is 0.497 e. The highest BCUT2D eigenvalue weighted by atomic mass is 16.5. The van der Waals surface area contributed by atoms with Crippen LogP contribution in [0.3, 0.4) is 0 Å². The van der Waals surface area contributed by atoms with E-state index in [-0.39, 0.29) is 5.56 Å². The summed E-state index contributed by atoms with van der Waals surface area (Å²) in [5.41, 5.74) is 2.55. The molecule has 0 saturated heterocycles. The number of pyridine rings is 1. The molecule has 1 aromatic carbocycles. The molecule has 122 valence electrons. The Kier molecular flexibility index (Phi) is 5.21. The molecular weight excluding hydrogens is 292 g/mol. The zero-order valence-electron chi connectivity index (χ0n) is 14.0. The van der Waals surface area contributed by atoms with E-state index in [2.05, 4.69) is 4.98 Å². The Morgan fingerprint density at radius 2 is 1.83 bits per heavy atom. The Labute approximate surface area is 136 Å². The summed E-state index contributed by atoms with van der Waals surface area (Å²) in [5, 5.41) is 9.75. The highest BCUT2D eigenvalue weighted by Crippen LogP contribution is 2.32. The van der Waals surface area contributed by atoms with Crippen molar-refractivity contribution in [2.45, 2.75) is 20.8 Å². The minimum absolute atomic E-state index is 0.240. The maximum atomic E-state index is 11.9. The molecule has 1 aromatic heterocycles. The van der Waals surface area contributed by atoms with Crippen LogP contribution in [0.2, 0.25) is 0 Å². The van der Waals surface area contributed by atoms with Crippen molar-refractivity contribution >= 4 is 11.8 Å². The van der Waals surface area contributed by atoms with E-state index in [9.17, 15) is 9.90 Å². The number of anilines is 1. The number of aromatic nitrogens is 1. The second-order valence-corrected chi connectivity index (χ2v) is 5.22. The third kappa shape index (κ3) is 3.44. The van der Waals surface area contributed by atoms with Gasteiger partial charge in [0.1, 0.15) is 17.1 Å². The zero-order chi connectivity index (χ0) is 17.0. The molecule has 0 fully saturated rings. The first-order valence-electron chi connectivity index (χ1n) is 7.66. The average molecular weight is 314 g/mol. The summed E-state index contributed by atoms with van der Waals surface area (Å²) >= 11 is 0. The van der Waals surface area contributed by atoms with E-state index in [1.807, 2.05) is 56.0 Å². The minimum Gasteiger partial charge on any atom is -0.497 e. The van der Waals surface area contributed by atoms with Gasteiger partial charge in [-0.15, -0.1) is 0 Å². The molecule has 0 radical (unpaired) electrons. The Bertz CT molecular complexity index is 692. The monoisotopic (exact) mass is 314 g/mol. The number of carboxylic acid groups (broad SMARTS) is 1. The number of carboxylic acids is 1. The number of methoxy groups -OCH3 is 1. The first-order chi connectivity index (χ1) is 11.0. The lowest BCUT2D eigenvalue weighted by molar-refractivity contribution is 0.0698. The lowest BCUT2D eigenvalue weighted by Crippen LogP contribution is -2.26. The molecule has 1 N–H and O–H groups in total. The summed E-state index contributed by atoms with van der Waals surface area (Å²) in [4.78, 5) is 18.3. The zero-order valence-corrected chi connectivity index (χ0v) is 14.0. The van der Waals surface area contributed by atoms with Gasteiger partial charge in [0.05, 0.1) is 7.11 Å². The second kappa shape index (κ2) is 7.13. The molecule has 2 rings (SSSR count). The predicted octanol–water partition coefficient (Wildman–Crippen LogP) is 3.61. The summed E-state index contributed by atoms with van der Waals surface area (Å²) in [7, 11) is 1.60. The number of aromatic carboxylic acids is 1. The Hall–Kier alpha value is -2.56. The van der Waals surface area contributed by atoms with Crippen molar-refractivity contribution in [3.05, 3.63) is 41.6 Å². The maximum absolute atomic E-state index is 11.9. The van der Waals surface area contributed by atoms with Gasteiger partial charge in [-0.1, -0.05) is 12.1 Å². The fraction of sp³-hybridized carbons (Fsp3) is 0.333. The molecule has 5 heteroatoms. The Morgan fingerprint density at radius 3 is 2.30 bits per heavy atom. The third-order valence-corrected chi connectivity index (χ3v) is 3.81. The van der Waals surface area contributed by atoms with Crippen molar-refractivity contribution in [1.29, 1.82) is 0 Å². The van der Waals surface area contributed by atoms with Gasteiger partial charge in [-0.05, 0) is 44.5 Å². The number of hydrogen-bond acceptors (Lipinski definition) is 4. The first kappa shape index (κ1) is 16.8. The minimum atomic E-state index is -0.967. The van der Waals surface area contributed by atoms with Crippen LogP contribution in [0.1, 0.15) is 29.9 Å². The topological polar surface area (TPSA) is 62.7 Å². The average Bonchev–Trinajstić information content (AvgIpc) is 2.55. The molecule has 0 aliphatic heterocycles. The lowest BCUT2D eigenvalue weighted by Gasteiger charge is -2.23. The van der Waals surface area contributed by atoms with Gasteiger partial charge in [-0.3, -0.25) is 0 Å². The molecule has 2 aromatic rings. The predicted molar refractivity (Wildman–Crippen MR) is 91.5 cm³/mol. The molecule has 0 unspecified atom stereocenters. The van der Waals surface area contributed by atoms with Crippen molar-refractivity contribution in [2.75, 3.05) is 25.1 Å². The number of benzene rings is 1. The molecule has 5 nitrogen and oxygen atoms in total. The molecule has 1 heterocycles. The normalized spacial score (nSPS) is 10.4. The number of aryl methyl sites for hydroxylation is 1. The van der Waals surface area contributed by atoms with Gasteiger partial charge in [-0.25, -0.2) is 9.78 Å². The summed E-state index contributed by atoms with van der Waals surface area (Å²) in [5.74, 6) is 0.291. The SMILES string of the molecule is CCN(CC)c1nc(C)cc(-c2ccc(OC)cc2)c1C(=O)O. The smallest absolute Gasteiger partial charge is 0.340 e. The van der Waals surface area contributed by atoms with E-state index in [1.165, 1.54) is 0 Å². The first-order valence-corrected chi connectivity index (χ1v) is 7.66. The van der Waals surface area contributed by atoms with Crippen LogP contribution in [0.5, 0.6) is 5.75 Å². The number of carbonyl (C=O) groups is 1. The van der Waals surface area contributed by atoms with Gasteiger partial charge in [0, 0.05) is 24.3 Å². The fourth-order valence-electron chi connectivity index (χ4n) is 2.62. The second-order valence-electron chi connectivity index (χ2n) is 5.22. The van der Waals surface area contributed by atoms with Crippen molar-refractivity contribution in [2.24, 2.45) is 0 Å². The maximum Gasteiger partial charge on any atom is 0.340 e. The van der Waals surface area contributed by atoms with Gasteiger partial charge in [0.15, 0.2) is 0 Å². The highest BCUT2D eigenvalue weighted by molar-refractivity contribution is 6.01. The number of nitrogens with zero attached hydrogens (tertiary/aromatic N) is 2. The van der Waals surface area contributed by atoms with Gasteiger partial charge in [-0.2, -0.15) is 0 Å². The van der Waals surface area contributed by atoms with E-state index in [0.717, 1.165) is 17.0 Å². The summed E-state index contributed by atoms with van der Waals surface area (Å²) in [6.07, 6.45) is 0. The summed E-state index contributed by atoms with van der Waals surface area (Å²) < 4.78 is 5.17. The highest BCUT2D eigenvalue weighted by Gasteiger charge is 2.22. The van der Waals surface area contributed by atoms with Crippen LogP contribution in [0.25, 0.3) is 11.1 Å². The van der Waals surface area contributed by atoms with Gasteiger partial charge in [0.2, 0.25) is 0 Å². The van der Waals surface area contributed by atoms with E-state index >= 15 is 0 Å². The Morgan fingerprint density at radius 1 is 1.22 bits per heavy atom. The van der Waals surface area contributed by atoms with Crippen LogP contribution in [0.15, 0.2) is 30.3 Å². The lowest BCUT2D eigenvalue weighted by atomic mass is 9.99. The van der Waals surface area contributed by atoms with E-state index in [1.54, 1.807) is 7.11 Å². The van der Waals surface area contributed by atoms with Crippen LogP contribution < -0.4 is 9.64 Å². The number of ether oxygens (including phenoxy) is 1. The van der Waals surface area contributed by atoms with Crippen LogP contribution in [0.4, 0.5) is 5.82 Å². The van der Waals surface area contributed by atoms with E-state index in [4.69, 9.17) is 4.74 Å². The van der Waals surface area contributed by atoms with Crippen molar-refractivity contribution in [3.63, 3.8) is 0 Å². The third-order valence-electron chi connectivity index (χ3n) is 3.81. The molecule has 0 bridgehead atoms. The molecule has 0 amide bonds. The summed E-state index contributed by atoms with van der Waals surface area (Å²) in [6, 6.07) is 9.21. The van der Waals surface area contributed by atoms with Gasteiger partial charge < -0.3 is 14.7 Å². The Balaban J connectivity index is 2.68. The molecule has 23 heavy (non-hydrogen) atoms. The van der Waals surface area contributed by atoms with Crippen LogP contribution in [-0.4, -0.2) is 36.3 Å². The standard InChI is InChI=1S/C18H22N2O3/c1-5-20(6-2)17-16(18(21)22)15(11-12(3)19-17)13-7-9-14(23-4)10-8-13/h7-11H,5-6H2,1-4H3,(H,21,22). The van der Waals surface area contributed by atoms with Gasteiger partial charge >= 0.3 is 5.97 Å². The van der Waals surface area contributed by atoms with E-state index < -0.39 is 5.97 Å². The molecule has 0 spiro atoms. The van der Waals surface area contributed by atoms with Crippen LogP contribution >= 0.6 is 0 Å². The van der Waals surface area contributed by atoms with E-state index in [0.29, 0.717) is 24.5 Å². The van der Waals surface area contributed by atoms with Crippen LogP contribution in [0, 0.1) is 6.92 Å². The quantitative estimate of drug-likeness (QED) is 0.882. The molecule has 0 atom stereocenters. The van der Waals surface area contributed by atoms with Gasteiger partial charge in [0.25, 0.3) is 0 Å². The molecule has 0 saturated carbocycles. The van der Waals surface area contributed by atoms with Crippen molar-refractivity contribution in [3.8, 4) is 16.9 Å². The number of rotatable bonds is 6. The molecular formula is C18H22N2O3. The molecule has 0 aliphatic rings. The molecule has 0 aliphatic carbocycles.